The van der Waals surface area contributed by atoms with E-state index in [2.05, 4.69) is 27.4 Å². The number of benzene rings is 1. The summed E-state index contributed by atoms with van der Waals surface area (Å²) in [5, 5.41) is -0.230. The van der Waals surface area contributed by atoms with Gasteiger partial charge in [-0.3, -0.25) is 0 Å². The van der Waals surface area contributed by atoms with Gasteiger partial charge in [0.25, 0.3) is 0 Å². The summed E-state index contributed by atoms with van der Waals surface area (Å²) in [6, 6.07) is 7.87. The maximum Gasteiger partial charge on any atom is 0.137 e. The molecule has 1 aromatic heterocycles. The van der Waals surface area contributed by atoms with Crippen LogP contribution in [0.1, 0.15) is 41.5 Å². The summed E-state index contributed by atoms with van der Waals surface area (Å²) >= 11 is 0. The molecule has 2 rings (SSSR count). The first-order chi connectivity index (χ1) is 10.4. The molecule has 0 saturated heterocycles. The Morgan fingerprint density at radius 2 is 1.43 bits per heavy atom. The molecule has 1 heterocycles. The maximum absolute atomic E-state index is 13.6. The highest BCUT2D eigenvalue weighted by Crippen LogP contribution is 2.55. The van der Waals surface area contributed by atoms with E-state index in [0.29, 0.717) is 0 Å². The highest BCUT2D eigenvalue weighted by molar-refractivity contribution is 7.75. The van der Waals surface area contributed by atoms with Crippen LogP contribution in [-0.2, 0) is 4.57 Å². The third-order valence-electron chi connectivity index (χ3n) is 4.54. The SMILES string of the molecule is CP(c1nc2ccccc2nc1P(C)(=O)C(C)(C)C)C(C)(C)C. The lowest BCUT2D eigenvalue weighted by Crippen LogP contribution is -2.38. The molecule has 0 spiro atoms. The minimum atomic E-state index is -2.65. The van der Waals surface area contributed by atoms with Crippen molar-refractivity contribution in [1.82, 2.24) is 9.97 Å². The minimum Gasteiger partial charge on any atom is -0.317 e. The van der Waals surface area contributed by atoms with Crippen molar-refractivity contribution < 1.29 is 4.57 Å². The molecule has 3 nitrogen and oxygen atoms in total. The quantitative estimate of drug-likeness (QED) is 0.745. The average molecular weight is 350 g/mol. The molecule has 2 atom stereocenters. The lowest BCUT2D eigenvalue weighted by atomic mass is 10.3. The molecule has 2 unspecified atom stereocenters. The number of fused-ring (bicyclic) bond motifs is 1. The van der Waals surface area contributed by atoms with Crippen molar-refractivity contribution in [3.05, 3.63) is 24.3 Å². The molecule has 0 aliphatic rings. The highest BCUT2D eigenvalue weighted by Gasteiger charge is 2.39. The molecular formula is C18H28N2OP2. The van der Waals surface area contributed by atoms with Crippen molar-refractivity contribution in [3.63, 3.8) is 0 Å². The predicted molar refractivity (Wildman–Crippen MR) is 105 cm³/mol. The number of nitrogens with zero attached hydrogens (tertiary/aromatic N) is 2. The zero-order chi connectivity index (χ0) is 17.6. The third kappa shape index (κ3) is 3.52. The van der Waals surface area contributed by atoms with Gasteiger partial charge in [0.2, 0.25) is 0 Å². The Bertz CT molecular complexity index is 773. The van der Waals surface area contributed by atoms with Gasteiger partial charge in [0.15, 0.2) is 0 Å². The van der Waals surface area contributed by atoms with E-state index in [4.69, 9.17) is 9.97 Å². The van der Waals surface area contributed by atoms with Crippen molar-refractivity contribution in [1.29, 1.82) is 0 Å². The van der Waals surface area contributed by atoms with Crippen LogP contribution in [0.5, 0.6) is 0 Å². The van der Waals surface area contributed by atoms with E-state index in [1.54, 1.807) is 0 Å². The molecule has 0 bridgehead atoms. The van der Waals surface area contributed by atoms with Crippen molar-refractivity contribution in [3.8, 4) is 0 Å². The van der Waals surface area contributed by atoms with Crippen LogP contribution in [0, 0.1) is 0 Å². The van der Waals surface area contributed by atoms with Crippen LogP contribution in [0.25, 0.3) is 11.0 Å². The van der Waals surface area contributed by atoms with Gasteiger partial charge in [-0.15, -0.1) is 0 Å². The second kappa shape index (κ2) is 5.94. The van der Waals surface area contributed by atoms with Crippen molar-refractivity contribution in [2.45, 2.75) is 51.9 Å². The van der Waals surface area contributed by atoms with Crippen LogP contribution in [0.3, 0.4) is 0 Å². The lowest BCUT2D eigenvalue weighted by Gasteiger charge is -2.33. The maximum atomic E-state index is 13.6. The smallest absolute Gasteiger partial charge is 0.137 e. The predicted octanol–water partition coefficient (Wildman–Crippen LogP) is 4.58. The summed E-state index contributed by atoms with van der Waals surface area (Å²) in [6.45, 7) is 16.8. The van der Waals surface area contributed by atoms with E-state index >= 15 is 0 Å². The first-order valence-corrected chi connectivity index (χ1v) is 11.9. The summed E-state index contributed by atoms with van der Waals surface area (Å²) in [4.78, 5) is 9.75. The lowest BCUT2D eigenvalue weighted by molar-refractivity contribution is 0.560. The van der Waals surface area contributed by atoms with E-state index in [1.165, 1.54) is 0 Å². The first kappa shape index (κ1) is 18.6. The summed E-state index contributed by atoms with van der Waals surface area (Å²) in [7, 11) is -3.22. The van der Waals surface area contributed by atoms with Crippen LogP contribution in [0.2, 0.25) is 0 Å². The van der Waals surface area contributed by atoms with E-state index in [0.717, 1.165) is 21.9 Å². The number of para-hydroxylation sites is 2. The second-order valence-electron chi connectivity index (χ2n) is 8.18. The summed E-state index contributed by atoms with van der Waals surface area (Å²) in [6.07, 6.45) is 0. The Morgan fingerprint density at radius 1 is 0.957 bits per heavy atom. The molecule has 0 aliphatic carbocycles. The van der Waals surface area contributed by atoms with Gasteiger partial charge in [0.05, 0.1) is 16.5 Å². The summed E-state index contributed by atoms with van der Waals surface area (Å²) in [5.74, 6) is 0. The summed E-state index contributed by atoms with van der Waals surface area (Å²) < 4.78 is 13.6. The van der Waals surface area contributed by atoms with Crippen LogP contribution in [0.4, 0.5) is 0 Å². The molecule has 0 aliphatic heterocycles. The molecule has 0 saturated carbocycles. The molecule has 126 valence electrons. The van der Waals surface area contributed by atoms with Gasteiger partial charge in [-0.25, -0.2) is 9.97 Å². The number of hydrogen-bond acceptors (Lipinski definition) is 3. The molecule has 0 amide bonds. The fraction of sp³-hybridized carbons (Fsp3) is 0.556. The molecule has 5 heteroatoms. The standard InChI is InChI=1S/C18H28N2OP2/c1-17(2,3)22(7)15-16(23(8,21)18(4,5)6)20-14-12-10-9-11-13(14)19-15/h9-12H,1-8H3. The van der Waals surface area contributed by atoms with Gasteiger partial charge in [-0.1, -0.05) is 61.6 Å². The Labute approximate surface area is 141 Å². The van der Waals surface area contributed by atoms with E-state index in [-0.39, 0.29) is 10.3 Å². The Morgan fingerprint density at radius 3 is 1.87 bits per heavy atom. The topological polar surface area (TPSA) is 42.9 Å². The van der Waals surface area contributed by atoms with Gasteiger partial charge < -0.3 is 4.57 Å². The summed E-state index contributed by atoms with van der Waals surface area (Å²) in [5.41, 5.74) is 3.40. The Balaban J connectivity index is 2.83. The van der Waals surface area contributed by atoms with Gasteiger partial charge >= 0.3 is 0 Å². The number of hydrogen-bond donors (Lipinski definition) is 0. The molecule has 1 aromatic carbocycles. The monoisotopic (exact) mass is 350 g/mol. The van der Waals surface area contributed by atoms with E-state index in [9.17, 15) is 4.57 Å². The highest BCUT2D eigenvalue weighted by atomic mass is 31.2. The van der Waals surface area contributed by atoms with Gasteiger partial charge in [-0.2, -0.15) is 0 Å². The second-order valence-corrected chi connectivity index (χ2v) is 14.7. The Kier molecular flexibility index (Phi) is 4.79. The van der Waals surface area contributed by atoms with E-state index < -0.39 is 15.1 Å². The molecule has 0 fully saturated rings. The molecular weight excluding hydrogens is 322 g/mol. The van der Waals surface area contributed by atoms with Crippen LogP contribution in [0.15, 0.2) is 24.3 Å². The number of aromatic nitrogens is 2. The molecule has 0 N–H and O–H groups in total. The Hall–Kier alpha value is -0.780. The largest absolute Gasteiger partial charge is 0.317 e. The molecule has 23 heavy (non-hydrogen) atoms. The van der Waals surface area contributed by atoms with Crippen LogP contribution < -0.4 is 10.9 Å². The fourth-order valence-electron chi connectivity index (χ4n) is 2.13. The molecule has 0 radical (unpaired) electrons. The normalized spacial score (nSPS) is 17.0. The average Bonchev–Trinajstić information content (AvgIpc) is 2.42. The van der Waals surface area contributed by atoms with Crippen molar-refractivity contribution in [2.24, 2.45) is 0 Å². The zero-order valence-corrected chi connectivity index (χ0v) is 17.3. The zero-order valence-electron chi connectivity index (χ0n) is 15.5. The van der Waals surface area contributed by atoms with Crippen molar-refractivity contribution >= 4 is 37.0 Å². The minimum absolute atomic E-state index is 0.0963. The van der Waals surface area contributed by atoms with Crippen LogP contribution in [-0.4, -0.2) is 33.6 Å². The van der Waals surface area contributed by atoms with Gasteiger partial charge in [0.1, 0.15) is 12.6 Å². The fourth-order valence-corrected chi connectivity index (χ4v) is 5.76. The van der Waals surface area contributed by atoms with Gasteiger partial charge in [-0.05, 0) is 30.6 Å². The third-order valence-corrected chi connectivity index (χ3v) is 11.4. The molecule has 2 aromatic rings. The van der Waals surface area contributed by atoms with Gasteiger partial charge in [0, 0.05) is 5.16 Å². The van der Waals surface area contributed by atoms with Crippen molar-refractivity contribution in [2.75, 3.05) is 13.3 Å². The number of rotatable bonds is 2. The van der Waals surface area contributed by atoms with Crippen LogP contribution >= 0.6 is 15.1 Å². The van der Waals surface area contributed by atoms with E-state index in [1.807, 2.05) is 51.7 Å². The first-order valence-electron chi connectivity index (χ1n) is 7.94.